The third-order valence-electron chi connectivity index (χ3n) is 7.22. The Morgan fingerprint density at radius 2 is 1.90 bits per heavy atom. The quantitative estimate of drug-likeness (QED) is 0.818. The van der Waals surface area contributed by atoms with Gasteiger partial charge in [-0.1, -0.05) is 19.3 Å². The molecule has 0 bridgehead atoms. The van der Waals surface area contributed by atoms with E-state index in [0.717, 1.165) is 43.5 Å². The lowest BCUT2D eigenvalue weighted by Crippen LogP contribution is -2.44. The number of carbonyl (C=O) groups is 1. The predicted molar refractivity (Wildman–Crippen MR) is 117 cm³/mol. The molecule has 1 atom stereocenters. The zero-order valence-corrected chi connectivity index (χ0v) is 18.3. The summed E-state index contributed by atoms with van der Waals surface area (Å²) in [6.45, 7) is 2.33. The van der Waals surface area contributed by atoms with Gasteiger partial charge in [0.2, 0.25) is 0 Å². The van der Waals surface area contributed by atoms with Gasteiger partial charge in [0.25, 0.3) is 11.5 Å². The molecule has 31 heavy (non-hydrogen) atoms. The van der Waals surface area contributed by atoms with Crippen molar-refractivity contribution in [3.8, 4) is 0 Å². The van der Waals surface area contributed by atoms with Crippen LogP contribution in [0.25, 0.3) is 0 Å². The third-order valence-corrected chi connectivity index (χ3v) is 7.22. The number of aromatic amines is 1. The lowest BCUT2D eigenvalue weighted by Gasteiger charge is -2.38. The van der Waals surface area contributed by atoms with Crippen molar-refractivity contribution < 1.29 is 4.79 Å². The molecule has 8 heteroatoms. The summed E-state index contributed by atoms with van der Waals surface area (Å²) in [5.41, 5.74) is 2.15. The van der Waals surface area contributed by atoms with Crippen molar-refractivity contribution in [3.63, 3.8) is 0 Å². The number of fused-ring (bicyclic) bond motifs is 1. The normalized spacial score (nSPS) is 23.0. The standard InChI is InChI=1S/C23H32N6O2/c1-27-13-10-19(26-27)23(31)29-12-6-5-9-20(29)21-24-18-11-14-28(15-17(18)22(30)25-21)16-7-3-2-4-8-16/h10,13,16,20H,2-9,11-12,14-15H2,1H3,(H,24,25,30)/t20-/m0/s1. The third kappa shape index (κ3) is 4.05. The average Bonchev–Trinajstić information content (AvgIpc) is 3.25. The molecule has 4 heterocycles. The molecule has 1 aliphatic carbocycles. The fourth-order valence-electron chi connectivity index (χ4n) is 5.52. The van der Waals surface area contributed by atoms with Gasteiger partial charge in [-0.15, -0.1) is 0 Å². The molecule has 0 radical (unpaired) electrons. The maximum absolute atomic E-state index is 13.1. The molecule has 1 saturated carbocycles. The molecule has 1 N–H and O–H groups in total. The van der Waals surface area contributed by atoms with Crippen molar-refractivity contribution in [1.29, 1.82) is 0 Å². The molecule has 2 fully saturated rings. The molecule has 0 spiro atoms. The zero-order valence-electron chi connectivity index (χ0n) is 18.3. The molecule has 0 aromatic carbocycles. The highest BCUT2D eigenvalue weighted by molar-refractivity contribution is 5.92. The number of nitrogens with one attached hydrogen (secondary N) is 1. The number of nitrogens with zero attached hydrogens (tertiary/aromatic N) is 5. The maximum atomic E-state index is 13.1. The van der Waals surface area contributed by atoms with Gasteiger partial charge < -0.3 is 9.88 Å². The number of aromatic nitrogens is 4. The second kappa shape index (κ2) is 8.57. The predicted octanol–water partition coefficient (Wildman–Crippen LogP) is 2.56. The van der Waals surface area contributed by atoms with E-state index in [1.165, 1.54) is 32.1 Å². The van der Waals surface area contributed by atoms with E-state index in [0.29, 0.717) is 30.6 Å². The fraction of sp³-hybridized carbons (Fsp3) is 0.652. The van der Waals surface area contributed by atoms with Crippen molar-refractivity contribution in [2.24, 2.45) is 7.05 Å². The second-order valence-corrected chi connectivity index (χ2v) is 9.27. The topological polar surface area (TPSA) is 87.1 Å². The first-order chi connectivity index (χ1) is 15.1. The second-order valence-electron chi connectivity index (χ2n) is 9.27. The van der Waals surface area contributed by atoms with Crippen LogP contribution in [-0.2, 0) is 20.0 Å². The Morgan fingerprint density at radius 3 is 2.68 bits per heavy atom. The first-order valence-corrected chi connectivity index (χ1v) is 11.8. The van der Waals surface area contributed by atoms with Gasteiger partial charge in [0.1, 0.15) is 11.5 Å². The van der Waals surface area contributed by atoms with Crippen LogP contribution >= 0.6 is 0 Å². The number of likely N-dealkylation sites (tertiary alicyclic amines) is 1. The smallest absolute Gasteiger partial charge is 0.274 e. The van der Waals surface area contributed by atoms with E-state index in [-0.39, 0.29) is 17.5 Å². The SMILES string of the molecule is Cn1ccc(C(=O)N2CCCC[C@H]2c2nc3c(c(=O)[nH]2)CN(C2CCCCC2)CC3)n1. The van der Waals surface area contributed by atoms with Gasteiger partial charge in [0.05, 0.1) is 17.3 Å². The van der Waals surface area contributed by atoms with Crippen molar-refractivity contribution in [2.45, 2.75) is 76.4 Å². The Morgan fingerprint density at radius 1 is 1.10 bits per heavy atom. The Bertz CT molecular complexity index is 1010. The highest BCUT2D eigenvalue weighted by atomic mass is 16.2. The van der Waals surface area contributed by atoms with E-state index < -0.39 is 0 Å². The summed E-state index contributed by atoms with van der Waals surface area (Å²) in [5.74, 6) is 0.549. The summed E-state index contributed by atoms with van der Waals surface area (Å²) >= 11 is 0. The number of hydrogen-bond donors (Lipinski definition) is 1. The summed E-state index contributed by atoms with van der Waals surface area (Å²) in [6, 6.07) is 2.15. The van der Waals surface area contributed by atoms with Crippen LogP contribution in [0.5, 0.6) is 0 Å². The van der Waals surface area contributed by atoms with Crippen molar-refractivity contribution in [2.75, 3.05) is 13.1 Å². The van der Waals surface area contributed by atoms with Gasteiger partial charge in [-0.25, -0.2) is 4.98 Å². The minimum Gasteiger partial charge on any atom is -0.327 e. The molecule has 0 unspecified atom stereocenters. The van der Waals surface area contributed by atoms with Crippen LogP contribution < -0.4 is 5.56 Å². The molecule has 5 rings (SSSR count). The van der Waals surface area contributed by atoms with E-state index in [9.17, 15) is 9.59 Å². The summed E-state index contributed by atoms with van der Waals surface area (Å²) in [7, 11) is 1.81. The number of hydrogen-bond acceptors (Lipinski definition) is 5. The van der Waals surface area contributed by atoms with Crippen LogP contribution in [0.1, 0.15) is 85.0 Å². The van der Waals surface area contributed by atoms with Crippen LogP contribution in [-0.4, -0.2) is 54.6 Å². The van der Waals surface area contributed by atoms with E-state index in [4.69, 9.17) is 4.98 Å². The minimum absolute atomic E-state index is 0.0312. The largest absolute Gasteiger partial charge is 0.327 e. The van der Waals surface area contributed by atoms with Gasteiger partial charge in [-0.2, -0.15) is 5.10 Å². The Hall–Kier alpha value is -2.48. The van der Waals surface area contributed by atoms with Crippen molar-refractivity contribution >= 4 is 5.91 Å². The first kappa shape index (κ1) is 20.4. The molecule has 2 aliphatic heterocycles. The van der Waals surface area contributed by atoms with Gasteiger partial charge in [-0.3, -0.25) is 19.2 Å². The Kier molecular flexibility index (Phi) is 5.65. The number of aryl methyl sites for hydroxylation is 1. The lowest BCUT2D eigenvalue weighted by atomic mass is 9.92. The molecule has 3 aliphatic rings. The Labute approximate surface area is 182 Å². The number of H-pyrrole nitrogens is 1. The van der Waals surface area contributed by atoms with Crippen LogP contribution in [0.15, 0.2) is 17.1 Å². The maximum Gasteiger partial charge on any atom is 0.274 e. The summed E-state index contributed by atoms with van der Waals surface area (Å²) in [4.78, 5) is 38.5. The number of amides is 1. The van der Waals surface area contributed by atoms with E-state index in [1.807, 2.05) is 11.9 Å². The molecule has 2 aromatic rings. The van der Waals surface area contributed by atoms with Crippen molar-refractivity contribution in [3.05, 3.63) is 45.4 Å². The van der Waals surface area contributed by atoms with Crippen molar-refractivity contribution in [1.82, 2.24) is 29.5 Å². The molecule has 8 nitrogen and oxygen atoms in total. The van der Waals surface area contributed by atoms with Gasteiger partial charge in [0.15, 0.2) is 0 Å². The summed E-state index contributed by atoms with van der Waals surface area (Å²) in [6.07, 6.45) is 11.8. The zero-order chi connectivity index (χ0) is 21.4. The molecule has 1 saturated heterocycles. The number of piperidine rings is 1. The van der Waals surface area contributed by atoms with Crippen LogP contribution in [0.2, 0.25) is 0 Å². The van der Waals surface area contributed by atoms with E-state index >= 15 is 0 Å². The molecule has 1 amide bonds. The summed E-state index contributed by atoms with van der Waals surface area (Å²) < 4.78 is 1.64. The Balaban J connectivity index is 1.39. The molecule has 2 aromatic heterocycles. The summed E-state index contributed by atoms with van der Waals surface area (Å²) in [5, 5.41) is 4.28. The molecule has 166 valence electrons. The highest BCUT2D eigenvalue weighted by Crippen LogP contribution is 2.31. The highest BCUT2D eigenvalue weighted by Gasteiger charge is 2.33. The van der Waals surface area contributed by atoms with Gasteiger partial charge >= 0.3 is 0 Å². The minimum atomic E-state index is -0.197. The van der Waals surface area contributed by atoms with E-state index in [2.05, 4.69) is 15.0 Å². The van der Waals surface area contributed by atoms with Gasteiger partial charge in [-0.05, 0) is 38.2 Å². The van der Waals surface area contributed by atoms with Crippen LogP contribution in [0.3, 0.4) is 0 Å². The number of rotatable bonds is 3. The molecular weight excluding hydrogens is 392 g/mol. The average molecular weight is 425 g/mol. The number of carbonyl (C=O) groups excluding carboxylic acids is 1. The van der Waals surface area contributed by atoms with Crippen LogP contribution in [0, 0.1) is 0 Å². The lowest BCUT2D eigenvalue weighted by molar-refractivity contribution is 0.0591. The van der Waals surface area contributed by atoms with Gasteiger partial charge in [0, 0.05) is 45.3 Å². The molecular formula is C23H32N6O2. The monoisotopic (exact) mass is 424 g/mol. The van der Waals surface area contributed by atoms with E-state index in [1.54, 1.807) is 16.9 Å². The fourth-order valence-corrected chi connectivity index (χ4v) is 5.52. The first-order valence-electron chi connectivity index (χ1n) is 11.8. The van der Waals surface area contributed by atoms with Crippen LogP contribution in [0.4, 0.5) is 0 Å².